The van der Waals surface area contributed by atoms with Gasteiger partial charge < -0.3 is 9.64 Å². The Hall–Kier alpha value is -1.67. The van der Waals surface area contributed by atoms with Gasteiger partial charge in [0.05, 0.1) is 5.92 Å². The standard InChI is InChI=1S/C16H20F4N2O2/c1-11(23)13(10-22-7-5-21(2)6-8-22)12-3-4-15(14(17)9-12)24-16(18,19)20/h3-4,9,13H,5-8,10H2,1-2H3/t13-/m0/s1. The van der Waals surface area contributed by atoms with Crippen LogP contribution in [0.4, 0.5) is 17.6 Å². The molecule has 0 N–H and O–H groups in total. The largest absolute Gasteiger partial charge is 0.573 e. The van der Waals surface area contributed by atoms with E-state index in [1.54, 1.807) is 0 Å². The number of carbonyl (C=O) groups excluding carboxylic acids is 1. The summed E-state index contributed by atoms with van der Waals surface area (Å²) in [5, 5.41) is 0. The number of hydrogen-bond donors (Lipinski definition) is 0. The Morgan fingerprint density at radius 3 is 2.38 bits per heavy atom. The van der Waals surface area contributed by atoms with Crippen molar-refractivity contribution in [2.75, 3.05) is 39.8 Å². The summed E-state index contributed by atoms with van der Waals surface area (Å²) in [6, 6.07) is 3.17. The first-order valence-electron chi connectivity index (χ1n) is 7.62. The van der Waals surface area contributed by atoms with E-state index in [2.05, 4.69) is 14.5 Å². The number of Topliss-reactive ketones (excluding diaryl/α,β-unsaturated/α-hetero) is 1. The highest BCUT2D eigenvalue weighted by Gasteiger charge is 2.33. The van der Waals surface area contributed by atoms with Crippen molar-refractivity contribution in [1.29, 1.82) is 0 Å². The van der Waals surface area contributed by atoms with E-state index >= 15 is 0 Å². The summed E-state index contributed by atoms with van der Waals surface area (Å²) >= 11 is 0. The van der Waals surface area contributed by atoms with Gasteiger partial charge in [0.25, 0.3) is 0 Å². The molecule has 1 saturated heterocycles. The second-order valence-corrected chi connectivity index (χ2v) is 6.00. The number of carbonyl (C=O) groups is 1. The van der Waals surface area contributed by atoms with Crippen molar-refractivity contribution in [3.63, 3.8) is 0 Å². The van der Waals surface area contributed by atoms with Gasteiger partial charge in [-0.3, -0.25) is 9.69 Å². The Balaban J connectivity index is 2.13. The predicted molar refractivity (Wildman–Crippen MR) is 80.4 cm³/mol. The van der Waals surface area contributed by atoms with E-state index in [0.717, 1.165) is 38.3 Å². The number of rotatable bonds is 5. The molecule has 1 aromatic rings. The van der Waals surface area contributed by atoms with E-state index in [-0.39, 0.29) is 5.78 Å². The molecule has 0 unspecified atom stereocenters. The molecule has 1 aliphatic heterocycles. The van der Waals surface area contributed by atoms with Gasteiger partial charge in [0.1, 0.15) is 5.78 Å². The van der Waals surface area contributed by atoms with Crippen molar-refractivity contribution in [2.24, 2.45) is 0 Å². The van der Waals surface area contributed by atoms with E-state index in [0.29, 0.717) is 12.1 Å². The molecular weight excluding hydrogens is 328 g/mol. The molecule has 4 nitrogen and oxygen atoms in total. The van der Waals surface area contributed by atoms with Gasteiger partial charge in [-0.1, -0.05) is 6.07 Å². The third-order valence-electron chi connectivity index (χ3n) is 4.11. The van der Waals surface area contributed by atoms with Crippen molar-refractivity contribution >= 4 is 5.78 Å². The highest BCUT2D eigenvalue weighted by molar-refractivity contribution is 5.83. The number of nitrogens with zero attached hydrogens (tertiary/aromatic N) is 2. The molecule has 0 aromatic heterocycles. The Bertz CT molecular complexity index is 584. The number of likely N-dealkylation sites (N-methyl/N-ethyl adjacent to an activating group) is 1. The van der Waals surface area contributed by atoms with Crippen molar-refractivity contribution in [3.8, 4) is 5.75 Å². The topological polar surface area (TPSA) is 32.8 Å². The molecule has 0 spiro atoms. The fraction of sp³-hybridized carbons (Fsp3) is 0.562. The molecule has 0 amide bonds. The zero-order valence-corrected chi connectivity index (χ0v) is 13.6. The lowest BCUT2D eigenvalue weighted by Gasteiger charge is -2.34. The van der Waals surface area contributed by atoms with Crippen LogP contribution in [-0.2, 0) is 4.79 Å². The average Bonchev–Trinajstić information content (AvgIpc) is 2.47. The minimum atomic E-state index is -4.96. The van der Waals surface area contributed by atoms with Gasteiger partial charge in [0, 0.05) is 32.7 Å². The number of halogens is 4. The lowest BCUT2D eigenvalue weighted by Crippen LogP contribution is -2.46. The fourth-order valence-electron chi connectivity index (χ4n) is 2.70. The minimum absolute atomic E-state index is 0.155. The van der Waals surface area contributed by atoms with E-state index in [1.165, 1.54) is 13.0 Å². The highest BCUT2D eigenvalue weighted by Crippen LogP contribution is 2.29. The van der Waals surface area contributed by atoms with E-state index in [1.807, 2.05) is 7.05 Å². The highest BCUT2D eigenvalue weighted by atomic mass is 19.4. The first-order chi connectivity index (χ1) is 11.2. The zero-order valence-electron chi connectivity index (χ0n) is 13.6. The molecule has 24 heavy (non-hydrogen) atoms. The molecule has 1 atom stereocenters. The second-order valence-electron chi connectivity index (χ2n) is 6.00. The Morgan fingerprint density at radius 1 is 1.25 bits per heavy atom. The zero-order chi connectivity index (χ0) is 17.9. The van der Waals surface area contributed by atoms with Crippen LogP contribution in [0.15, 0.2) is 18.2 Å². The summed E-state index contributed by atoms with van der Waals surface area (Å²) in [6.45, 7) is 5.14. The number of alkyl halides is 3. The van der Waals surface area contributed by atoms with E-state index < -0.39 is 23.8 Å². The van der Waals surface area contributed by atoms with Gasteiger partial charge in [-0.05, 0) is 31.7 Å². The van der Waals surface area contributed by atoms with Crippen LogP contribution in [0.1, 0.15) is 18.4 Å². The molecule has 1 aromatic carbocycles. The molecule has 0 saturated carbocycles. The third-order valence-corrected chi connectivity index (χ3v) is 4.11. The van der Waals surface area contributed by atoms with Gasteiger partial charge >= 0.3 is 6.36 Å². The lowest BCUT2D eigenvalue weighted by atomic mass is 9.94. The number of piperazine rings is 1. The maximum absolute atomic E-state index is 13.9. The van der Waals surface area contributed by atoms with Crippen LogP contribution in [-0.4, -0.2) is 61.7 Å². The van der Waals surface area contributed by atoms with Gasteiger partial charge in [0.15, 0.2) is 11.6 Å². The maximum Gasteiger partial charge on any atom is 0.573 e. The summed E-state index contributed by atoms with van der Waals surface area (Å²) in [5.41, 5.74) is 0.355. The predicted octanol–water partition coefficient (Wildman–Crippen LogP) is 2.64. The Labute approximate surface area is 138 Å². The van der Waals surface area contributed by atoms with Crippen LogP contribution >= 0.6 is 0 Å². The lowest BCUT2D eigenvalue weighted by molar-refractivity contribution is -0.275. The molecule has 1 aliphatic rings. The number of benzene rings is 1. The molecule has 8 heteroatoms. The molecule has 0 aliphatic carbocycles. The van der Waals surface area contributed by atoms with E-state index in [4.69, 9.17) is 0 Å². The average molecular weight is 348 g/mol. The van der Waals surface area contributed by atoms with Gasteiger partial charge in [-0.15, -0.1) is 13.2 Å². The fourth-order valence-corrected chi connectivity index (χ4v) is 2.70. The van der Waals surface area contributed by atoms with Crippen molar-refractivity contribution < 1.29 is 27.1 Å². The van der Waals surface area contributed by atoms with Crippen LogP contribution in [0.2, 0.25) is 0 Å². The first-order valence-corrected chi connectivity index (χ1v) is 7.62. The molecule has 2 rings (SSSR count). The van der Waals surface area contributed by atoms with Crippen molar-refractivity contribution in [1.82, 2.24) is 9.80 Å². The van der Waals surface area contributed by atoms with Crippen LogP contribution in [0.3, 0.4) is 0 Å². The Kier molecular flexibility index (Phi) is 5.82. The normalized spacial score (nSPS) is 18.4. The number of ether oxygens (including phenoxy) is 1. The van der Waals surface area contributed by atoms with E-state index in [9.17, 15) is 22.4 Å². The van der Waals surface area contributed by atoms with Crippen LogP contribution < -0.4 is 4.74 Å². The van der Waals surface area contributed by atoms with Gasteiger partial charge in [-0.2, -0.15) is 0 Å². The summed E-state index contributed by atoms with van der Waals surface area (Å²) in [7, 11) is 2.01. The van der Waals surface area contributed by atoms with Crippen LogP contribution in [0.25, 0.3) is 0 Å². The molecule has 0 radical (unpaired) electrons. The van der Waals surface area contributed by atoms with Crippen LogP contribution in [0, 0.1) is 5.82 Å². The second kappa shape index (κ2) is 7.48. The first kappa shape index (κ1) is 18.7. The van der Waals surface area contributed by atoms with Crippen molar-refractivity contribution in [3.05, 3.63) is 29.6 Å². The Morgan fingerprint density at radius 2 is 1.88 bits per heavy atom. The van der Waals surface area contributed by atoms with Gasteiger partial charge in [-0.25, -0.2) is 4.39 Å². The molecule has 0 bridgehead atoms. The summed E-state index contributed by atoms with van der Waals surface area (Å²) in [4.78, 5) is 16.2. The quantitative estimate of drug-likeness (QED) is 0.766. The monoisotopic (exact) mass is 348 g/mol. The summed E-state index contributed by atoms with van der Waals surface area (Å²) < 4.78 is 54.1. The summed E-state index contributed by atoms with van der Waals surface area (Å²) in [5.74, 6) is -2.76. The third kappa shape index (κ3) is 5.17. The van der Waals surface area contributed by atoms with Crippen LogP contribution in [0.5, 0.6) is 5.75 Å². The number of ketones is 1. The van der Waals surface area contributed by atoms with Crippen molar-refractivity contribution in [2.45, 2.75) is 19.2 Å². The minimum Gasteiger partial charge on any atom is -0.403 e. The summed E-state index contributed by atoms with van der Waals surface area (Å²) in [6.07, 6.45) is -4.96. The molecule has 1 fully saturated rings. The molecule has 134 valence electrons. The number of hydrogen-bond acceptors (Lipinski definition) is 4. The SMILES string of the molecule is CC(=O)[C@H](CN1CCN(C)CC1)c1ccc(OC(F)(F)F)c(F)c1. The maximum atomic E-state index is 13.9. The van der Waals surface area contributed by atoms with Gasteiger partial charge in [0.2, 0.25) is 0 Å². The molecule has 1 heterocycles. The molecular formula is C16H20F4N2O2. The smallest absolute Gasteiger partial charge is 0.403 e.